The SMILES string of the molecule is Cc1cc(=O)n2c(n1)NC(Nc1cccc(Cl)c1Cl)=[NH+]C2c1ccccc1. The topological polar surface area (TPSA) is 72.9 Å². The lowest BCUT2D eigenvalue weighted by Gasteiger charge is -2.23. The van der Waals surface area contributed by atoms with E-state index in [9.17, 15) is 4.79 Å². The van der Waals surface area contributed by atoms with Crippen molar-refractivity contribution in [1.82, 2.24) is 9.55 Å². The van der Waals surface area contributed by atoms with Crippen LogP contribution in [0.25, 0.3) is 0 Å². The van der Waals surface area contributed by atoms with Gasteiger partial charge in [0, 0.05) is 17.3 Å². The summed E-state index contributed by atoms with van der Waals surface area (Å²) in [5.41, 5.74) is 2.04. The van der Waals surface area contributed by atoms with Crippen molar-refractivity contribution in [3.8, 4) is 0 Å². The minimum atomic E-state index is -0.427. The molecule has 0 spiro atoms. The van der Waals surface area contributed by atoms with Crippen LogP contribution < -0.4 is 21.2 Å². The predicted octanol–water partition coefficient (Wildman–Crippen LogP) is 2.38. The van der Waals surface area contributed by atoms with Gasteiger partial charge in [-0.05, 0) is 19.1 Å². The minimum Gasteiger partial charge on any atom is -0.269 e. The van der Waals surface area contributed by atoms with Crippen LogP contribution in [0.15, 0.2) is 59.4 Å². The highest BCUT2D eigenvalue weighted by Gasteiger charge is 2.29. The van der Waals surface area contributed by atoms with Crippen LogP contribution in [-0.4, -0.2) is 15.5 Å². The van der Waals surface area contributed by atoms with Gasteiger partial charge in [-0.15, -0.1) is 0 Å². The van der Waals surface area contributed by atoms with Gasteiger partial charge in [-0.25, -0.2) is 20.2 Å². The standard InChI is InChI=1S/C19H15Cl2N5O/c1-11-10-15(27)26-17(12-6-3-2-4-7-12)24-18(25-19(26)22-11)23-14-9-5-8-13(20)16(14)21/h2-10,17H,1H3,(H2,22,23,24,25)/p+1. The van der Waals surface area contributed by atoms with Crippen molar-refractivity contribution < 1.29 is 4.99 Å². The number of nitrogens with one attached hydrogen (secondary N) is 3. The fraction of sp³-hybridized carbons (Fsp3) is 0.105. The Morgan fingerprint density at radius 3 is 2.70 bits per heavy atom. The van der Waals surface area contributed by atoms with E-state index < -0.39 is 6.17 Å². The fourth-order valence-electron chi connectivity index (χ4n) is 2.96. The quantitative estimate of drug-likeness (QED) is 0.617. The summed E-state index contributed by atoms with van der Waals surface area (Å²) in [6.45, 7) is 1.78. The number of aryl methyl sites for hydroxylation is 1. The number of rotatable bonds is 2. The first-order valence-electron chi connectivity index (χ1n) is 8.29. The van der Waals surface area contributed by atoms with E-state index in [4.69, 9.17) is 23.2 Å². The molecule has 0 bridgehead atoms. The summed E-state index contributed by atoms with van der Waals surface area (Å²) in [6, 6.07) is 16.5. The van der Waals surface area contributed by atoms with Gasteiger partial charge in [0.15, 0.2) is 6.17 Å². The third-order valence-corrected chi connectivity index (χ3v) is 5.00. The van der Waals surface area contributed by atoms with Crippen molar-refractivity contribution in [1.29, 1.82) is 0 Å². The van der Waals surface area contributed by atoms with Crippen molar-refractivity contribution >= 4 is 40.8 Å². The highest BCUT2D eigenvalue weighted by atomic mass is 35.5. The second-order valence-electron chi connectivity index (χ2n) is 6.11. The number of nitrogens with zero attached hydrogens (tertiary/aromatic N) is 2. The maximum absolute atomic E-state index is 12.6. The Kier molecular flexibility index (Phi) is 4.59. The van der Waals surface area contributed by atoms with E-state index in [-0.39, 0.29) is 5.56 Å². The molecule has 6 nitrogen and oxygen atoms in total. The molecule has 0 saturated carbocycles. The molecule has 2 aromatic carbocycles. The molecule has 2 heterocycles. The number of hydrogen-bond acceptors (Lipinski definition) is 4. The van der Waals surface area contributed by atoms with Gasteiger partial charge in [-0.3, -0.25) is 9.79 Å². The van der Waals surface area contributed by atoms with Crippen LogP contribution in [0.5, 0.6) is 0 Å². The molecule has 136 valence electrons. The van der Waals surface area contributed by atoms with Crippen LogP contribution in [-0.2, 0) is 0 Å². The normalized spacial score (nSPS) is 15.5. The van der Waals surface area contributed by atoms with Crippen LogP contribution >= 0.6 is 23.2 Å². The van der Waals surface area contributed by atoms with Crippen molar-refractivity contribution in [2.75, 3.05) is 10.6 Å². The lowest BCUT2D eigenvalue weighted by atomic mass is 10.1. The second-order valence-corrected chi connectivity index (χ2v) is 6.90. The highest BCUT2D eigenvalue weighted by Crippen LogP contribution is 2.29. The van der Waals surface area contributed by atoms with E-state index >= 15 is 0 Å². The van der Waals surface area contributed by atoms with E-state index in [0.717, 1.165) is 5.56 Å². The number of guanidine groups is 1. The number of halogens is 2. The highest BCUT2D eigenvalue weighted by molar-refractivity contribution is 6.44. The van der Waals surface area contributed by atoms with Crippen LogP contribution in [0.1, 0.15) is 17.4 Å². The van der Waals surface area contributed by atoms with Gasteiger partial charge in [0.1, 0.15) is 5.69 Å². The molecule has 0 amide bonds. The first-order valence-corrected chi connectivity index (χ1v) is 9.05. The van der Waals surface area contributed by atoms with Crippen molar-refractivity contribution in [2.45, 2.75) is 13.1 Å². The maximum atomic E-state index is 12.6. The average molecular weight is 401 g/mol. The van der Waals surface area contributed by atoms with E-state index in [2.05, 4.69) is 20.6 Å². The molecule has 3 aromatic rings. The van der Waals surface area contributed by atoms with E-state index in [1.54, 1.807) is 23.6 Å². The summed E-state index contributed by atoms with van der Waals surface area (Å²) < 4.78 is 1.58. The molecule has 1 aliphatic heterocycles. The van der Waals surface area contributed by atoms with Crippen LogP contribution in [0.2, 0.25) is 10.0 Å². The molecule has 1 unspecified atom stereocenters. The van der Waals surface area contributed by atoms with E-state index in [1.165, 1.54) is 6.07 Å². The van der Waals surface area contributed by atoms with Crippen molar-refractivity contribution in [3.63, 3.8) is 0 Å². The fourth-order valence-corrected chi connectivity index (χ4v) is 3.31. The Labute approximate surface area is 165 Å². The monoisotopic (exact) mass is 400 g/mol. The molecule has 0 aliphatic carbocycles. The molecule has 3 N–H and O–H groups in total. The van der Waals surface area contributed by atoms with Gasteiger partial charge in [-0.1, -0.05) is 59.6 Å². The molecule has 1 atom stereocenters. The number of aromatic nitrogens is 2. The molecule has 4 rings (SSSR count). The number of anilines is 2. The van der Waals surface area contributed by atoms with Crippen LogP contribution in [0, 0.1) is 6.92 Å². The zero-order valence-electron chi connectivity index (χ0n) is 14.3. The van der Waals surface area contributed by atoms with Gasteiger partial charge in [0.05, 0.1) is 10.0 Å². The summed E-state index contributed by atoms with van der Waals surface area (Å²) in [7, 11) is 0. The first-order chi connectivity index (χ1) is 13.0. The Morgan fingerprint density at radius 1 is 1.15 bits per heavy atom. The van der Waals surface area contributed by atoms with Gasteiger partial charge in [0.2, 0.25) is 0 Å². The molecule has 8 heteroatoms. The zero-order valence-corrected chi connectivity index (χ0v) is 15.8. The van der Waals surface area contributed by atoms with Gasteiger partial charge < -0.3 is 0 Å². The Bertz CT molecular complexity index is 1090. The summed E-state index contributed by atoms with van der Waals surface area (Å²) in [6.07, 6.45) is -0.427. The van der Waals surface area contributed by atoms with E-state index in [0.29, 0.717) is 33.3 Å². The summed E-state index contributed by atoms with van der Waals surface area (Å²) >= 11 is 12.4. The Balaban J connectivity index is 1.81. The smallest absolute Gasteiger partial charge is 0.269 e. The van der Waals surface area contributed by atoms with Crippen molar-refractivity contribution in [3.05, 3.63) is 86.3 Å². The lowest BCUT2D eigenvalue weighted by molar-refractivity contribution is -0.520. The van der Waals surface area contributed by atoms with Gasteiger partial charge in [0.25, 0.3) is 11.5 Å². The Morgan fingerprint density at radius 2 is 1.93 bits per heavy atom. The first kappa shape index (κ1) is 17.6. The molecule has 0 radical (unpaired) electrons. The molecular weight excluding hydrogens is 385 g/mol. The number of benzene rings is 2. The molecule has 0 saturated heterocycles. The third-order valence-electron chi connectivity index (χ3n) is 4.18. The zero-order chi connectivity index (χ0) is 19.0. The average Bonchev–Trinajstić information content (AvgIpc) is 2.65. The molecule has 1 aromatic heterocycles. The predicted molar refractivity (Wildman–Crippen MR) is 107 cm³/mol. The minimum absolute atomic E-state index is 0.147. The van der Waals surface area contributed by atoms with Gasteiger partial charge >= 0.3 is 5.96 Å². The van der Waals surface area contributed by atoms with Gasteiger partial charge in [-0.2, -0.15) is 0 Å². The van der Waals surface area contributed by atoms with Crippen LogP contribution in [0.3, 0.4) is 0 Å². The summed E-state index contributed by atoms with van der Waals surface area (Å²) in [5.74, 6) is 0.985. The third kappa shape index (κ3) is 3.41. The van der Waals surface area contributed by atoms with E-state index in [1.807, 2.05) is 36.4 Å². The summed E-state index contributed by atoms with van der Waals surface area (Å²) in [4.78, 5) is 20.4. The number of fused-ring (bicyclic) bond motifs is 1. The molecular formula is C19H16Cl2N5O+. The Hall–Kier alpha value is -2.83. The lowest BCUT2D eigenvalue weighted by Crippen LogP contribution is -2.82. The van der Waals surface area contributed by atoms with Crippen molar-refractivity contribution in [2.24, 2.45) is 0 Å². The number of hydrogen-bond donors (Lipinski definition) is 3. The van der Waals surface area contributed by atoms with Crippen LogP contribution in [0.4, 0.5) is 11.6 Å². The molecule has 0 fully saturated rings. The second kappa shape index (κ2) is 7.06. The maximum Gasteiger partial charge on any atom is 0.357 e. The largest absolute Gasteiger partial charge is 0.357 e. The molecule has 27 heavy (non-hydrogen) atoms. The molecule has 1 aliphatic rings. The summed E-state index contributed by atoms with van der Waals surface area (Å²) in [5, 5.41) is 7.17.